The van der Waals surface area contributed by atoms with Crippen LogP contribution >= 0.6 is 0 Å². The lowest BCUT2D eigenvalue weighted by Crippen LogP contribution is -1.81. The monoisotopic (exact) mass is 645 g/mol. The molecule has 0 radical (unpaired) electrons. The molecule has 0 aliphatic heterocycles. The van der Waals surface area contributed by atoms with Gasteiger partial charge in [-0.3, -0.25) is 0 Å². The van der Waals surface area contributed by atoms with Gasteiger partial charge in [0.25, 0.3) is 0 Å². The average Bonchev–Trinajstić information content (AvgIpc) is 3.87. The van der Waals surface area contributed by atoms with Crippen molar-refractivity contribution < 1.29 is 0 Å². The molecule has 3 heteroatoms. The zero-order chi connectivity index (χ0) is 32.9. The second kappa shape index (κ2) is 9.03. The Morgan fingerprint density at radius 3 is 0.804 bits per heavy atom. The Morgan fingerprint density at radius 2 is 0.510 bits per heavy atom. The third-order valence-electron chi connectivity index (χ3n) is 11.7. The summed E-state index contributed by atoms with van der Waals surface area (Å²) in [6.07, 6.45) is 0. The zero-order valence-corrected chi connectivity index (χ0v) is 27.4. The molecule has 3 aromatic heterocycles. The largest absolute Gasteiger partial charge is 0.354 e. The minimum atomic E-state index is 1.15. The fraction of sp³-hybridized carbons (Fsp3) is 0. The predicted octanol–water partition coefficient (Wildman–Crippen LogP) is 13.5. The summed E-state index contributed by atoms with van der Waals surface area (Å²) in [7, 11) is 0. The minimum Gasteiger partial charge on any atom is -0.354 e. The highest BCUT2D eigenvalue weighted by Gasteiger charge is 2.24. The van der Waals surface area contributed by atoms with Crippen molar-refractivity contribution >= 4 is 130 Å². The van der Waals surface area contributed by atoms with Crippen molar-refractivity contribution in [2.24, 2.45) is 0 Å². The molecular formula is C48H27N3. The molecule has 3 nitrogen and oxygen atoms in total. The Kier molecular flexibility index (Phi) is 4.62. The summed E-state index contributed by atoms with van der Waals surface area (Å²) in [6, 6.07) is 53.9. The van der Waals surface area contributed by atoms with Gasteiger partial charge in [0.2, 0.25) is 0 Å². The fourth-order valence-corrected chi connectivity index (χ4v) is 9.44. The fourth-order valence-electron chi connectivity index (χ4n) is 9.44. The van der Waals surface area contributed by atoms with Gasteiger partial charge >= 0.3 is 0 Å². The number of fused-ring (bicyclic) bond motifs is 21. The van der Waals surface area contributed by atoms with Gasteiger partial charge in [0.15, 0.2) is 0 Å². The Labute approximate surface area is 289 Å². The van der Waals surface area contributed by atoms with Crippen LogP contribution < -0.4 is 0 Å². The van der Waals surface area contributed by atoms with Gasteiger partial charge in [-0.1, -0.05) is 91.0 Å². The normalized spacial score (nSPS) is 12.7. The number of benzene rings is 10. The van der Waals surface area contributed by atoms with Crippen molar-refractivity contribution in [1.82, 2.24) is 15.0 Å². The number of rotatable bonds is 0. The molecule has 13 rings (SSSR count). The van der Waals surface area contributed by atoms with Gasteiger partial charge in [0, 0.05) is 48.9 Å². The first-order valence-electron chi connectivity index (χ1n) is 17.7. The molecule has 13 aromatic rings. The van der Waals surface area contributed by atoms with Crippen molar-refractivity contribution in [3.8, 4) is 0 Å². The SMILES string of the molecule is c1ccc2cc3c(ccc4[nH]c5c(c6[nH]c7ccc8cc9ccccc9cc8c7c6c6[nH]c7ccc8cc9ccccc9cc8c7c56)c43)cc2c1. The molecule has 0 saturated heterocycles. The Bertz CT molecular complexity index is 3280. The first-order chi connectivity index (χ1) is 25.2. The van der Waals surface area contributed by atoms with E-state index in [1.807, 2.05) is 0 Å². The summed E-state index contributed by atoms with van der Waals surface area (Å²) >= 11 is 0. The van der Waals surface area contributed by atoms with E-state index in [9.17, 15) is 0 Å². The highest BCUT2D eigenvalue weighted by Crippen LogP contribution is 2.48. The number of H-pyrrole nitrogens is 3. The molecular weight excluding hydrogens is 619 g/mol. The Morgan fingerprint density at radius 1 is 0.235 bits per heavy atom. The van der Waals surface area contributed by atoms with Crippen LogP contribution in [0.1, 0.15) is 0 Å². The van der Waals surface area contributed by atoms with E-state index in [1.165, 1.54) is 114 Å². The molecule has 0 bridgehead atoms. The topological polar surface area (TPSA) is 47.4 Å². The molecule has 10 aromatic carbocycles. The summed E-state index contributed by atoms with van der Waals surface area (Å²) in [5.74, 6) is 0. The van der Waals surface area contributed by atoms with Gasteiger partial charge in [-0.25, -0.2) is 0 Å². The lowest BCUT2D eigenvalue weighted by Gasteiger charge is -2.07. The van der Waals surface area contributed by atoms with Gasteiger partial charge in [0.1, 0.15) is 0 Å². The van der Waals surface area contributed by atoms with Crippen LogP contribution in [0.3, 0.4) is 0 Å². The lowest BCUT2D eigenvalue weighted by atomic mass is 9.94. The van der Waals surface area contributed by atoms with E-state index in [2.05, 4.69) is 161 Å². The van der Waals surface area contributed by atoms with Crippen LogP contribution in [0.4, 0.5) is 0 Å². The molecule has 51 heavy (non-hydrogen) atoms. The summed E-state index contributed by atoms with van der Waals surface area (Å²) in [6.45, 7) is 0. The van der Waals surface area contributed by atoms with Crippen LogP contribution in [-0.4, -0.2) is 15.0 Å². The molecule has 0 spiro atoms. The van der Waals surface area contributed by atoms with Crippen molar-refractivity contribution in [1.29, 1.82) is 0 Å². The van der Waals surface area contributed by atoms with E-state index >= 15 is 0 Å². The van der Waals surface area contributed by atoms with Gasteiger partial charge in [0.05, 0.1) is 16.6 Å². The summed E-state index contributed by atoms with van der Waals surface area (Å²) in [5.41, 5.74) is 6.95. The number of nitrogens with one attached hydrogen (secondary N) is 3. The maximum Gasteiger partial charge on any atom is 0.0588 e. The van der Waals surface area contributed by atoms with Crippen molar-refractivity contribution in [3.05, 3.63) is 146 Å². The third kappa shape index (κ3) is 3.29. The number of aromatic nitrogens is 3. The van der Waals surface area contributed by atoms with Crippen LogP contribution in [0.15, 0.2) is 146 Å². The quantitative estimate of drug-likeness (QED) is 0.137. The molecule has 0 fully saturated rings. The summed E-state index contributed by atoms with van der Waals surface area (Å²) < 4.78 is 0. The van der Waals surface area contributed by atoms with Crippen molar-refractivity contribution in [2.45, 2.75) is 0 Å². The Hall–Kier alpha value is -6.84. The molecule has 0 atom stereocenters. The first-order valence-corrected chi connectivity index (χ1v) is 17.7. The average molecular weight is 646 g/mol. The molecule has 3 N–H and O–H groups in total. The summed E-state index contributed by atoms with van der Waals surface area (Å²) in [4.78, 5) is 12.0. The smallest absolute Gasteiger partial charge is 0.0588 e. The molecule has 0 saturated carbocycles. The van der Waals surface area contributed by atoms with Crippen LogP contribution in [0.2, 0.25) is 0 Å². The first kappa shape index (κ1) is 26.1. The van der Waals surface area contributed by atoms with Crippen LogP contribution in [0.5, 0.6) is 0 Å². The molecule has 0 unspecified atom stereocenters. The van der Waals surface area contributed by atoms with Crippen molar-refractivity contribution in [2.75, 3.05) is 0 Å². The van der Waals surface area contributed by atoms with E-state index in [1.54, 1.807) is 0 Å². The van der Waals surface area contributed by atoms with Gasteiger partial charge in [-0.2, -0.15) is 0 Å². The molecule has 3 heterocycles. The van der Waals surface area contributed by atoms with E-state index in [0.717, 1.165) is 16.6 Å². The second-order valence-electron chi connectivity index (χ2n) is 14.4. The number of hydrogen-bond acceptors (Lipinski definition) is 0. The van der Waals surface area contributed by atoms with Crippen LogP contribution in [0.25, 0.3) is 130 Å². The standard InChI is InChI=1S/C48H27N3/c1-4-10-28-22-34-31(19-25(28)7-1)13-16-37-40(34)43-46(49-37)44-42-36-24-30-12-6-3-9-27(30)21-33(36)15-18-39(42)51-48(44)45-41-35-23-29-11-5-2-8-26(29)20-32(35)14-17-38(41)50-47(43)45/h1-24,49-51H. The lowest BCUT2D eigenvalue weighted by molar-refractivity contribution is 1.55. The molecule has 0 aliphatic rings. The summed E-state index contributed by atoms with van der Waals surface area (Å²) in [5, 5.41) is 22.6. The van der Waals surface area contributed by atoms with E-state index in [-0.39, 0.29) is 0 Å². The van der Waals surface area contributed by atoms with Crippen LogP contribution in [0, 0.1) is 0 Å². The van der Waals surface area contributed by atoms with Crippen LogP contribution in [-0.2, 0) is 0 Å². The van der Waals surface area contributed by atoms with E-state index in [0.29, 0.717) is 0 Å². The highest BCUT2D eigenvalue weighted by molar-refractivity contribution is 6.44. The maximum atomic E-state index is 4.00. The Balaban J connectivity index is 1.33. The van der Waals surface area contributed by atoms with Gasteiger partial charge < -0.3 is 15.0 Å². The zero-order valence-electron chi connectivity index (χ0n) is 27.4. The molecule has 0 aliphatic carbocycles. The van der Waals surface area contributed by atoms with Gasteiger partial charge in [-0.15, -0.1) is 0 Å². The van der Waals surface area contributed by atoms with Gasteiger partial charge in [-0.05, 0) is 119 Å². The molecule has 0 amide bonds. The minimum absolute atomic E-state index is 1.15. The highest BCUT2D eigenvalue weighted by atomic mass is 14.8. The molecule has 234 valence electrons. The third-order valence-corrected chi connectivity index (χ3v) is 11.7. The second-order valence-corrected chi connectivity index (χ2v) is 14.4. The van der Waals surface area contributed by atoms with E-state index in [4.69, 9.17) is 0 Å². The maximum absolute atomic E-state index is 4.00. The van der Waals surface area contributed by atoms with Crippen molar-refractivity contribution in [3.63, 3.8) is 0 Å². The predicted molar refractivity (Wildman–Crippen MR) is 220 cm³/mol. The van der Waals surface area contributed by atoms with E-state index < -0.39 is 0 Å². The number of aromatic amines is 3. The number of hydrogen-bond donors (Lipinski definition) is 3.